The molecule has 0 spiro atoms. The van der Waals surface area contributed by atoms with Crippen LogP contribution >= 0.6 is 0 Å². The first-order valence-electron chi connectivity index (χ1n) is 4.82. The highest BCUT2D eigenvalue weighted by Gasteiger charge is 2.17. The van der Waals surface area contributed by atoms with Crippen molar-refractivity contribution < 1.29 is 9.50 Å². The normalized spacial score (nSPS) is 15.1. The highest BCUT2D eigenvalue weighted by molar-refractivity contribution is 5.19. The molecule has 2 unspecified atom stereocenters. The lowest BCUT2D eigenvalue weighted by molar-refractivity contribution is 0.110. The molecular weight excluding hydrogens is 181 g/mol. The van der Waals surface area contributed by atoms with Crippen LogP contribution in [0, 0.1) is 11.7 Å². The lowest BCUT2D eigenvalue weighted by atomic mass is 9.94. The van der Waals surface area contributed by atoms with Gasteiger partial charge in [0.15, 0.2) is 0 Å². The molecule has 0 fully saturated rings. The molecule has 0 radical (unpaired) electrons. The van der Waals surface area contributed by atoms with E-state index < -0.39 is 6.10 Å². The van der Waals surface area contributed by atoms with Crippen LogP contribution in [0.3, 0.4) is 0 Å². The van der Waals surface area contributed by atoms with Gasteiger partial charge in [-0.15, -0.1) is 0 Å². The number of nitrogens with two attached hydrogens (primary N) is 1. The Morgan fingerprint density at radius 2 is 2.21 bits per heavy atom. The zero-order valence-electron chi connectivity index (χ0n) is 8.28. The van der Waals surface area contributed by atoms with Crippen molar-refractivity contribution in [1.82, 2.24) is 0 Å². The SMILES string of the molecule is CCC(CN)C(O)c1cccc(F)c1. The third-order valence-corrected chi connectivity index (χ3v) is 2.46. The number of hydrogen-bond donors (Lipinski definition) is 2. The number of rotatable bonds is 4. The second-order valence-corrected chi connectivity index (χ2v) is 3.40. The summed E-state index contributed by atoms with van der Waals surface area (Å²) in [5, 5.41) is 9.86. The molecule has 0 aliphatic carbocycles. The second kappa shape index (κ2) is 5.08. The van der Waals surface area contributed by atoms with Gasteiger partial charge in [0, 0.05) is 5.92 Å². The van der Waals surface area contributed by atoms with E-state index in [1.54, 1.807) is 12.1 Å². The summed E-state index contributed by atoms with van der Waals surface area (Å²) in [7, 11) is 0. The Hall–Kier alpha value is -0.930. The van der Waals surface area contributed by atoms with Gasteiger partial charge in [-0.2, -0.15) is 0 Å². The van der Waals surface area contributed by atoms with Gasteiger partial charge in [0.2, 0.25) is 0 Å². The summed E-state index contributed by atoms with van der Waals surface area (Å²) in [4.78, 5) is 0. The topological polar surface area (TPSA) is 46.2 Å². The quantitative estimate of drug-likeness (QED) is 0.773. The Bertz CT molecular complexity index is 286. The van der Waals surface area contributed by atoms with E-state index in [2.05, 4.69) is 0 Å². The summed E-state index contributed by atoms with van der Waals surface area (Å²) in [5.74, 6) is -0.328. The average molecular weight is 197 g/mol. The Morgan fingerprint density at radius 1 is 1.50 bits per heavy atom. The maximum absolute atomic E-state index is 12.9. The highest BCUT2D eigenvalue weighted by atomic mass is 19.1. The second-order valence-electron chi connectivity index (χ2n) is 3.40. The summed E-state index contributed by atoms with van der Waals surface area (Å²) in [6.45, 7) is 2.37. The van der Waals surface area contributed by atoms with Crippen LogP contribution in [0.4, 0.5) is 4.39 Å². The van der Waals surface area contributed by atoms with Crippen molar-refractivity contribution in [2.75, 3.05) is 6.54 Å². The van der Waals surface area contributed by atoms with Gasteiger partial charge in [-0.25, -0.2) is 4.39 Å². The fraction of sp³-hybridized carbons (Fsp3) is 0.455. The van der Waals surface area contributed by atoms with E-state index >= 15 is 0 Å². The zero-order valence-corrected chi connectivity index (χ0v) is 8.28. The molecule has 0 saturated carbocycles. The van der Waals surface area contributed by atoms with Crippen molar-refractivity contribution >= 4 is 0 Å². The van der Waals surface area contributed by atoms with Crippen molar-refractivity contribution in [1.29, 1.82) is 0 Å². The van der Waals surface area contributed by atoms with Crippen LogP contribution in [0.15, 0.2) is 24.3 Å². The van der Waals surface area contributed by atoms with Crippen LogP contribution in [-0.2, 0) is 0 Å². The van der Waals surface area contributed by atoms with E-state index in [0.29, 0.717) is 12.1 Å². The monoisotopic (exact) mass is 197 g/mol. The molecule has 1 aromatic carbocycles. The predicted octanol–water partition coefficient (Wildman–Crippen LogP) is 1.84. The molecule has 3 N–H and O–H groups in total. The van der Waals surface area contributed by atoms with Gasteiger partial charge in [0.25, 0.3) is 0 Å². The molecule has 0 saturated heterocycles. The molecule has 1 aromatic rings. The van der Waals surface area contributed by atoms with E-state index in [1.165, 1.54) is 12.1 Å². The van der Waals surface area contributed by atoms with Crippen LogP contribution in [-0.4, -0.2) is 11.7 Å². The Balaban J connectivity index is 2.82. The standard InChI is InChI=1S/C11H16FNO/c1-2-8(7-13)11(14)9-4-3-5-10(12)6-9/h3-6,8,11,14H,2,7,13H2,1H3. The molecule has 0 aliphatic heterocycles. The lowest BCUT2D eigenvalue weighted by Crippen LogP contribution is -2.21. The molecule has 0 heterocycles. The molecule has 2 nitrogen and oxygen atoms in total. The smallest absolute Gasteiger partial charge is 0.123 e. The number of halogens is 1. The van der Waals surface area contributed by atoms with E-state index in [4.69, 9.17) is 5.73 Å². The van der Waals surface area contributed by atoms with Crippen molar-refractivity contribution in [3.05, 3.63) is 35.6 Å². The van der Waals surface area contributed by atoms with Crippen LogP contribution in [0.5, 0.6) is 0 Å². The zero-order chi connectivity index (χ0) is 10.6. The van der Waals surface area contributed by atoms with Crippen molar-refractivity contribution in [3.63, 3.8) is 0 Å². The Labute approximate surface area is 83.6 Å². The molecule has 0 bridgehead atoms. The maximum Gasteiger partial charge on any atom is 0.123 e. The first-order chi connectivity index (χ1) is 6.69. The molecule has 3 heteroatoms. The van der Waals surface area contributed by atoms with Crippen LogP contribution in [0.25, 0.3) is 0 Å². The average Bonchev–Trinajstić information content (AvgIpc) is 2.19. The van der Waals surface area contributed by atoms with Gasteiger partial charge in [0.05, 0.1) is 6.10 Å². The molecular formula is C11H16FNO. The highest BCUT2D eigenvalue weighted by Crippen LogP contribution is 2.23. The minimum Gasteiger partial charge on any atom is -0.388 e. The fourth-order valence-electron chi connectivity index (χ4n) is 1.48. The summed E-state index contributed by atoms with van der Waals surface area (Å²) < 4.78 is 12.9. The van der Waals surface area contributed by atoms with Gasteiger partial charge in [-0.1, -0.05) is 19.1 Å². The van der Waals surface area contributed by atoms with Gasteiger partial charge >= 0.3 is 0 Å². The number of aliphatic hydroxyl groups is 1. The Morgan fingerprint density at radius 3 is 2.71 bits per heavy atom. The molecule has 14 heavy (non-hydrogen) atoms. The largest absolute Gasteiger partial charge is 0.388 e. The third-order valence-electron chi connectivity index (χ3n) is 2.46. The van der Waals surface area contributed by atoms with E-state index in [0.717, 1.165) is 6.42 Å². The molecule has 0 aliphatic rings. The predicted molar refractivity (Wildman–Crippen MR) is 54.2 cm³/mol. The Kier molecular flexibility index (Phi) is 4.04. The summed E-state index contributed by atoms with van der Waals surface area (Å²) >= 11 is 0. The van der Waals surface area contributed by atoms with Crippen molar-refractivity contribution in [2.24, 2.45) is 11.7 Å². The first kappa shape index (κ1) is 11.1. The van der Waals surface area contributed by atoms with Gasteiger partial charge in [0.1, 0.15) is 5.82 Å². The summed E-state index contributed by atoms with van der Waals surface area (Å²) in [5.41, 5.74) is 6.11. The summed E-state index contributed by atoms with van der Waals surface area (Å²) in [6, 6.07) is 6.02. The molecule has 0 amide bonds. The van der Waals surface area contributed by atoms with Crippen molar-refractivity contribution in [3.8, 4) is 0 Å². The van der Waals surface area contributed by atoms with Gasteiger partial charge in [-0.05, 0) is 30.7 Å². The van der Waals surface area contributed by atoms with E-state index in [9.17, 15) is 9.50 Å². The minimum absolute atomic E-state index is 0.00296. The molecule has 1 rings (SSSR count). The fourth-order valence-corrected chi connectivity index (χ4v) is 1.48. The first-order valence-corrected chi connectivity index (χ1v) is 4.82. The van der Waals surface area contributed by atoms with E-state index in [1.807, 2.05) is 6.92 Å². The number of aliphatic hydroxyl groups excluding tert-OH is 1. The van der Waals surface area contributed by atoms with Gasteiger partial charge < -0.3 is 10.8 Å². The third kappa shape index (κ3) is 2.53. The number of benzene rings is 1. The molecule has 0 aromatic heterocycles. The van der Waals surface area contributed by atoms with E-state index in [-0.39, 0.29) is 11.7 Å². The maximum atomic E-state index is 12.9. The molecule has 78 valence electrons. The van der Waals surface area contributed by atoms with Crippen LogP contribution < -0.4 is 5.73 Å². The molecule has 2 atom stereocenters. The van der Waals surface area contributed by atoms with Crippen molar-refractivity contribution in [2.45, 2.75) is 19.4 Å². The minimum atomic E-state index is -0.666. The number of hydrogen-bond acceptors (Lipinski definition) is 2. The van der Waals surface area contributed by atoms with Crippen LogP contribution in [0.1, 0.15) is 25.0 Å². The summed E-state index contributed by atoms with van der Waals surface area (Å²) in [6.07, 6.45) is 0.120. The van der Waals surface area contributed by atoms with Crippen LogP contribution in [0.2, 0.25) is 0 Å². The van der Waals surface area contributed by atoms with Gasteiger partial charge in [-0.3, -0.25) is 0 Å². The lowest BCUT2D eigenvalue weighted by Gasteiger charge is -2.20.